The monoisotopic (exact) mass is 344 g/mol. The van der Waals surface area contributed by atoms with E-state index in [4.69, 9.17) is 39.5 Å². The Bertz CT molecular complexity index is 681. The summed E-state index contributed by atoms with van der Waals surface area (Å²) in [5, 5.41) is 1.12. The third-order valence-electron chi connectivity index (χ3n) is 2.84. The van der Waals surface area contributed by atoms with Crippen molar-refractivity contribution < 1.29 is 4.74 Å². The van der Waals surface area contributed by atoms with Crippen LogP contribution in [-0.4, -0.2) is 9.97 Å². The van der Waals surface area contributed by atoms with Crippen LogP contribution in [0.25, 0.3) is 0 Å². The van der Waals surface area contributed by atoms with Gasteiger partial charge in [0.25, 0.3) is 0 Å². The van der Waals surface area contributed by atoms with E-state index in [2.05, 4.69) is 9.97 Å². The number of ether oxygens (including phenoxy) is 1. The Morgan fingerprint density at radius 3 is 2.33 bits per heavy atom. The SMILES string of the molecule is Cc1c(Cl)nc(C(C)(C)C)nc1Oc1cccc(Cl)c1Cl. The van der Waals surface area contributed by atoms with E-state index in [0.717, 1.165) is 0 Å². The van der Waals surface area contributed by atoms with Crippen molar-refractivity contribution in [1.82, 2.24) is 9.97 Å². The Labute approximate surface area is 139 Å². The van der Waals surface area contributed by atoms with Crippen LogP contribution in [0.2, 0.25) is 15.2 Å². The van der Waals surface area contributed by atoms with Crippen LogP contribution in [-0.2, 0) is 5.41 Å². The molecule has 0 atom stereocenters. The minimum atomic E-state index is -0.242. The smallest absolute Gasteiger partial charge is 0.227 e. The molecule has 0 N–H and O–H groups in total. The van der Waals surface area contributed by atoms with Gasteiger partial charge in [-0.3, -0.25) is 0 Å². The molecule has 0 spiro atoms. The number of hydrogen-bond acceptors (Lipinski definition) is 3. The number of nitrogens with zero attached hydrogens (tertiary/aromatic N) is 2. The number of rotatable bonds is 2. The van der Waals surface area contributed by atoms with Crippen molar-refractivity contribution in [3.05, 3.63) is 44.8 Å². The average Bonchev–Trinajstić information content (AvgIpc) is 2.38. The molecule has 0 radical (unpaired) electrons. The number of hydrogen-bond donors (Lipinski definition) is 0. The lowest BCUT2D eigenvalue weighted by Crippen LogP contribution is -2.17. The molecule has 0 aliphatic heterocycles. The first-order valence-electron chi connectivity index (χ1n) is 6.36. The zero-order valence-electron chi connectivity index (χ0n) is 12.2. The van der Waals surface area contributed by atoms with Crippen molar-refractivity contribution in [2.45, 2.75) is 33.1 Å². The van der Waals surface area contributed by atoms with Gasteiger partial charge in [-0.2, -0.15) is 4.98 Å². The maximum atomic E-state index is 6.17. The summed E-state index contributed by atoms with van der Waals surface area (Å²) in [6.07, 6.45) is 0. The second-order valence-electron chi connectivity index (χ2n) is 5.67. The van der Waals surface area contributed by atoms with Crippen molar-refractivity contribution >= 4 is 34.8 Å². The summed E-state index contributed by atoms with van der Waals surface area (Å²) < 4.78 is 5.79. The maximum absolute atomic E-state index is 6.17. The molecular weight excluding hydrogens is 331 g/mol. The molecule has 0 saturated carbocycles. The molecule has 2 aromatic rings. The molecule has 1 aromatic heterocycles. The molecule has 0 aliphatic carbocycles. The van der Waals surface area contributed by atoms with Crippen molar-refractivity contribution in [3.63, 3.8) is 0 Å². The summed E-state index contributed by atoms with van der Waals surface area (Å²) in [6, 6.07) is 5.17. The largest absolute Gasteiger partial charge is 0.437 e. The quantitative estimate of drug-likeness (QED) is 0.642. The summed E-state index contributed by atoms with van der Waals surface area (Å²) in [6.45, 7) is 7.81. The van der Waals surface area contributed by atoms with E-state index in [9.17, 15) is 0 Å². The van der Waals surface area contributed by atoms with Crippen LogP contribution >= 0.6 is 34.8 Å². The lowest BCUT2D eigenvalue weighted by molar-refractivity contribution is 0.442. The van der Waals surface area contributed by atoms with Gasteiger partial charge in [0.15, 0.2) is 0 Å². The Kier molecular flexibility index (Phi) is 4.66. The van der Waals surface area contributed by atoms with Gasteiger partial charge in [-0.05, 0) is 19.1 Å². The predicted octanol–water partition coefficient (Wildman–Crippen LogP) is 5.84. The molecule has 3 nitrogen and oxygen atoms in total. The van der Waals surface area contributed by atoms with Gasteiger partial charge >= 0.3 is 0 Å². The Morgan fingerprint density at radius 1 is 1.05 bits per heavy atom. The second kappa shape index (κ2) is 5.99. The van der Waals surface area contributed by atoms with Crippen LogP contribution in [0.4, 0.5) is 0 Å². The highest BCUT2D eigenvalue weighted by molar-refractivity contribution is 6.42. The van der Waals surface area contributed by atoms with Crippen molar-refractivity contribution in [1.29, 1.82) is 0 Å². The van der Waals surface area contributed by atoms with Gasteiger partial charge in [-0.15, -0.1) is 0 Å². The van der Waals surface area contributed by atoms with E-state index in [-0.39, 0.29) is 5.41 Å². The Hall–Kier alpha value is -1.03. The summed E-state index contributed by atoms with van der Waals surface area (Å²) in [5.74, 6) is 1.41. The van der Waals surface area contributed by atoms with Gasteiger partial charge in [0, 0.05) is 11.0 Å². The van der Waals surface area contributed by atoms with E-state index in [1.807, 2.05) is 20.8 Å². The molecule has 0 aliphatic rings. The zero-order valence-corrected chi connectivity index (χ0v) is 14.4. The van der Waals surface area contributed by atoms with E-state index < -0.39 is 0 Å². The lowest BCUT2D eigenvalue weighted by Gasteiger charge is -2.19. The summed E-state index contributed by atoms with van der Waals surface area (Å²) in [7, 11) is 0. The van der Waals surface area contributed by atoms with Crippen molar-refractivity contribution in [2.75, 3.05) is 0 Å². The number of aromatic nitrogens is 2. The molecule has 0 saturated heterocycles. The van der Waals surface area contributed by atoms with Crippen LogP contribution < -0.4 is 4.74 Å². The lowest BCUT2D eigenvalue weighted by atomic mass is 9.96. The van der Waals surface area contributed by atoms with E-state index in [1.54, 1.807) is 25.1 Å². The summed E-state index contributed by atoms with van der Waals surface area (Å²) in [5.41, 5.74) is 0.411. The number of halogens is 3. The fraction of sp³-hybridized carbons (Fsp3) is 0.333. The van der Waals surface area contributed by atoms with Crippen LogP contribution in [0.3, 0.4) is 0 Å². The average molecular weight is 346 g/mol. The highest BCUT2D eigenvalue weighted by Gasteiger charge is 2.22. The minimum Gasteiger partial charge on any atom is -0.437 e. The highest BCUT2D eigenvalue weighted by Crippen LogP contribution is 2.36. The van der Waals surface area contributed by atoms with Gasteiger partial charge in [-0.1, -0.05) is 61.6 Å². The molecule has 0 unspecified atom stereocenters. The van der Waals surface area contributed by atoms with E-state index >= 15 is 0 Å². The third-order valence-corrected chi connectivity index (χ3v) is 4.00. The molecule has 21 heavy (non-hydrogen) atoms. The predicted molar refractivity (Wildman–Crippen MR) is 87.0 cm³/mol. The normalized spacial score (nSPS) is 11.6. The topological polar surface area (TPSA) is 35.0 Å². The van der Waals surface area contributed by atoms with Gasteiger partial charge in [-0.25, -0.2) is 4.98 Å². The maximum Gasteiger partial charge on any atom is 0.227 e. The fourth-order valence-corrected chi connectivity index (χ4v) is 2.06. The Morgan fingerprint density at radius 2 is 1.71 bits per heavy atom. The standard InChI is InChI=1S/C15H15Cl3N2O/c1-8-12(18)19-14(15(2,3)4)20-13(8)21-10-7-5-6-9(16)11(10)17/h5-7H,1-4H3. The van der Waals surface area contributed by atoms with Gasteiger partial charge < -0.3 is 4.74 Å². The van der Waals surface area contributed by atoms with Crippen LogP contribution in [0, 0.1) is 6.92 Å². The van der Waals surface area contributed by atoms with Gasteiger partial charge in [0.2, 0.25) is 5.88 Å². The fourth-order valence-electron chi connectivity index (χ4n) is 1.57. The molecular formula is C15H15Cl3N2O. The summed E-state index contributed by atoms with van der Waals surface area (Å²) in [4.78, 5) is 8.75. The molecule has 2 rings (SSSR count). The molecule has 0 amide bonds. The molecule has 112 valence electrons. The highest BCUT2D eigenvalue weighted by atomic mass is 35.5. The van der Waals surface area contributed by atoms with E-state index in [0.29, 0.717) is 38.2 Å². The molecule has 6 heteroatoms. The van der Waals surface area contributed by atoms with Crippen LogP contribution in [0.5, 0.6) is 11.6 Å². The summed E-state index contributed by atoms with van der Waals surface area (Å²) >= 11 is 18.3. The van der Waals surface area contributed by atoms with Crippen LogP contribution in [0.1, 0.15) is 32.2 Å². The van der Waals surface area contributed by atoms with Crippen molar-refractivity contribution in [2.24, 2.45) is 0 Å². The first-order valence-corrected chi connectivity index (χ1v) is 7.50. The third kappa shape index (κ3) is 3.60. The minimum absolute atomic E-state index is 0.242. The molecule has 0 bridgehead atoms. The Balaban J connectivity index is 2.49. The zero-order chi connectivity index (χ0) is 15.8. The van der Waals surface area contributed by atoms with E-state index in [1.165, 1.54) is 0 Å². The number of benzene rings is 1. The van der Waals surface area contributed by atoms with Gasteiger partial charge in [0.05, 0.1) is 5.02 Å². The molecule has 0 fully saturated rings. The second-order valence-corrected chi connectivity index (χ2v) is 6.82. The first kappa shape index (κ1) is 16.3. The van der Waals surface area contributed by atoms with Gasteiger partial charge in [0.1, 0.15) is 21.7 Å². The first-order chi connectivity index (χ1) is 9.70. The van der Waals surface area contributed by atoms with Crippen LogP contribution in [0.15, 0.2) is 18.2 Å². The molecule has 1 aromatic carbocycles. The molecule has 1 heterocycles. The van der Waals surface area contributed by atoms with Crippen molar-refractivity contribution in [3.8, 4) is 11.6 Å².